The lowest BCUT2D eigenvalue weighted by molar-refractivity contribution is 0.244. The van der Waals surface area contributed by atoms with Crippen LogP contribution in [0.4, 0.5) is 5.69 Å². The smallest absolute Gasteiger partial charge is 0.0434 e. The van der Waals surface area contributed by atoms with Crippen molar-refractivity contribution in [3.63, 3.8) is 0 Å². The third-order valence-electron chi connectivity index (χ3n) is 4.01. The molecule has 1 heterocycles. The minimum Gasteiger partial charge on any atom is -0.396 e. The van der Waals surface area contributed by atoms with E-state index in [1.165, 1.54) is 24.1 Å². The van der Waals surface area contributed by atoms with E-state index in [2.05, 4.69) is 29.3 Å². The molecule has 1 aliphatic heterocycles. The van der Waals surface area contributed by atoms with Crippen molar-refractivity contribution in [2.24, 2.45) is 5.92 Å². The lowest BCUT2D eigenvalue weighted by Gasteiger charge is -2.35. The summed E-state index contributed by atoms with van der Waals surface area (Å²) in [6.45, 7) is 6.37. The third-order valence-corrected chi connectivity index (χ3v) is 4.24. The van der Waals surface area contributed by atoms with Gasteiger partial charge in [-0.3, -0.25) is 0 Å². The van der Waals surface area contributed by atoms with Crippen LogP contribution in [0.25, 0.3) is 0 Å². The average Bonchev–Trinajstić information content (AvgIpc) is 2.46. The highest BCUT2D eigenvalue weighted by atomic mass is 35.5. The van der Waals surface area contributed by atoms with E-state index in [1.54, 1.807) is 0 Å². The first kappa shape index (κ1) is 15.6. The van der Waals surface area contributed by atoms with Gasteiger partial charge in [0, 0.05) is 37.0 Å². The highest BCUT2D eigenvalue weighted by molar-refractivity contribution is 6.30. The number of nitrogens with zero attached hydrogens (tertiary/aromatic N) is 1. The Morgan fingerprint density at radius 3 is 3.05 bits per heavy atom. The van der Waals surface area contributed by atoms with Crippen LogP contribution in [0.2, 0.25) is 5.02 Å². The maximum absolute atomic E-state index is 9.14. The van der Waals surface area contributed by atoms with Crippen molar-refractivity contribution in [1.29, 1.82) is 0 Å². The molecule has 2 N–H and O–H groups in total. The van der Waals surface area contributed by atoms with Crippen molar-refractivity contribution in [1.82, 2.24) is 5.32 Å². The molecule has 0 aliphatic carbocycles. The number of piperidine rings is 1. The van der Waals surface area contributed by atoms with Crippen LogP contribution in [0.5, 0.6) is 0 Å². The predicted octanol–water partition coefficient (Wildman–Crippen LogP) is 3.05. The summed E-state index contributed by atoms with van der Waals surface area (Å²) in [5, 5.41) is 13.3. The van der Waals surface area contributed by atoms with E-state index < -0.39 is 0 Å². The van der Waals surface area contributed by atoms with E-state index in [1.807, 2.05) is 6.07 Å². The number of aliphatic hydroxyl groups excluding tert-OH is 1. The summed E-state index contributed by atoms with van der Waals surface area (Å²) in [5.74, 6) is 0.597. The Bertz CT molecular complexity index is 423. The molecule has 112 valence electrons. The molecule has 0 saturated carbocycles. The molecule has 4 heteroatoms. The lowest BCUT2D eigenvalue weighted by Crippen LogP contribution is -2.36. The molecule has 1 fully saturated rings. The Labute approximate surface area is 126 Å². The zero-order valence-electron chi connectivity index (χ0n) is 12.2. The third kappa shape index (κ3) is 4.11. The van der Waals surface area contributed by atoms with Crippen LogP contribution in [0.15, 0.2) is 18.2 Å². The summed E-state index contributed by atoms with van der Waals surface area (Å²) < 4.78 is 0. The monoisotopic (exact) mass is 296 g/mol. The van der Waals surface area contributed by atoms with Crippen molar-refractivity contribution >= 4 is 17.3 Å². The molecular formula is C16H25ClN2O. The SMILES string of the molecule is CCNCc1ccc(Cl)cc1N1CCCC(CCO)C1. The van der Waals surface area contributed by atoms with Crippen molar-refractivity contribution in [3.05, 3.63) is 28.8 Å². The molecule has 1 aliphatic rings. The fourth-order valence-electron chi connectivity index (χ4n) is 2.94. The van der Waals surface area contributed by atoms with Crippen LogP contribution < -0.4 is 10.2 Å². The van der Waals surface area contributed by atoms with Gasteiger partial charge in [0.1, 0.15) is 0 Å². The molecule has 1 aromatic carbocycles. The summed E-state index contributed by atoms with van der Waals surface area (Å²) in [4.78, 5) is 2.43. The van der Waals surface area contributed by atoms with Gasteiger partial charge in [-0.25, -0.2) is 0 Å². The fourth-order valence-corrected chi connectivity index (χ4v) is 3.11. The van der Waals surface area contributed by atoms with Gasteiger partial charge in [0.05, 0.1) is 0 Å². The van der Waals surface area contributed by atoms with Crippen LogP contribution in [0, 0.1) is 5.92 Å². The van der Waals surface area contributed by atoms with E-state index in [-0.39, 0.29) is 6.61 Å². The van der Waals surface area contributed by atoms with Gasteiger partial charge in [-0.1, -0.05) is 24.6 Å². The van der Waals surface area contributed by atoms with Crippen molar-refractivity contribution in [3.8, 4) is 0 Å². The topological polar surface area (TPSA) is 35.5 Å². The molecule has 1 aromatic rings. The van der Waals surface area contributed by atoms with Gasteiger partial charge in [-0.15, -0.1) is 0 Å². The average molecular weight is 297 g/mol. The second-order valence-corrected chi connectivity index (χ2v) is 5.96. The van der Waals surface area contributed by atoms with Crippen molar-refractivity contribution in [2.45, 2.75) is 32.7 Å². The summed E-state index contributed by atoms with van der Waals surface area (Å²) in [5.41, 5.74) is 2.56. The first-order valence-corrected chi connectivity index (χ1v) is 7.97. The molecule has 0 spiro atoms. The summed E-state index contributed by atoms with van der Waals surface area (Å²) in [6, 6.07) is 6.17. The molecule has 1 atom stereocenters. The number of anilines is 1. The number of hydrogen-bond donors (Lipinski definition) is 2. The summed E-state index contributed by atoms with van der Waals surface area (Å²) >= 11 is 6.18. The van der Waals surface area contributed by atoms with Crippen LogP contribution in [-0.4, -0.2) is 31.3 Å². The quantitative estimate of drug-likeness (QED) is 0.847. The van der Waals surface area contributed by atoms with E-state index in [0.29, 0.717) is 5.92 Å². The first-order chi connectivity index (χ1) is 9.74. The van der Waals surface area contributed by atoms with E-state index in [9.17, 15) is 0 Å². The Morgan fingerprint density at radius 1 is 1.45 bits per heavy atom. The Balaban J connectivity index is 2.14. The van der Waals surface area contributed by atoms with Gasteiger partial charge >= 0.3 is 0 Å². The number of rotatable bonds is 6. The van der Waals surface area contributed by atoms with Crippen LogP contribution in [0.3, 0.4) is 0 Å². The number of halogens is 1. The molecule has 1 saturated heterocycles. The van der Waals surface area contributed by atoms with Gasteiger partial charge in [0.2, 0.25) is 0 Å². The van der Waals surface area contributed by atoms with Crippen LogP contribution in [-0.2, 0) is 6.54 Å². The lowest BCUT2D eigenvalue weighted by atomic mass is 9.94. The van der Waals surface area contributed by atoms with Crippen LogP contribution in [0.1, 0.15) is 31.7 Å². The highest BCUT2D eigenvalue weighted by Gasteiger charge is 2.21. The van der Waals surface area contributed by atoms with Crippen molar-refractivity contribution < 1.29 is 5.11 Å². The Hall–Kier alpha value is -0.770. The second kappa shape index (κ2) is 7.87. The maximum Gasteiger partial charge on any atom is 0.0434 e. The number of hydrogen-bond acceptors (Lipinski definition) is 3. The summed E-state index contributed by atoms with van der Waals surface area (Å²) in [7, 11) is 0. The largest absolute Gasteiger partial charge is 0.396 e. The van der Waals surface area contributed by atoms with Gasteiger partial charge in [-0.05, 0) is 49.4 Å². The van der Waals surface area contributed by atoms with Crippen molar-refractivity contribution in [2.75, 3.05) is 31.1 Å². The standard InChI is InChI=1S/C16H25ClN2O/c1-2-18-11-14-5-6-15(17)10-16(14)19-8-3-4-13(12-19)7-9-20/h5-6,10,13,18,20H,2-4,7-9,11-12H2,1H3. The Morgan fingerprint density at radius 2 is 2.30 bits per heavy atom. The predicted molar refractivity (Wildman–Crippen MR) is 85.5 cm³/mol. The minimum absolute atomic E-state index is 0.290. The van der Waals surface area contributed by atoms with Gasteiger partial charge in [-0.2, -0.15) is 0 Å². The van der Waals surface area contributed by atoms with Gasteiger partial charge < -0.3 is 15.3 Å². The normalized spacial score (nSPS) is 19.4. The molecule has 0 radical (unpaired) electrons. The van der Waals surface area contributed by atoms with Gasteiger partial charge in [0.25, 0.3) is 0 Å². The zero-order valence-corrected chi connectivity index (χ0v) is 13.0. The second-order valence-electron chi connectivity index (χ2n) is 5.52. The van der Waals surface area contributed by atoms with E-state index in [0.717, 1.165) is 37.6 Å². The summed E-state index contributed by atoms with van der Waals surface area (Å²) in [6.07, 6.45) is 3.32. The van der Waals surface area contributed by atoms with E-state index in [4.69, 9.17) is 16.7 Å². The zero-order chi connectivity index (χ0) is 14.4. The number of benzene rings is 1. The fraction of sp³-hybridized carbons (Fsp3) is 0.625. The molecule has 2 rings (SSSR count). The first-order valence-electron chi connectivity index (χ1n) is 7.59. The molecule has 20 heavy (non-hydrogen) atoms. The van der Waals surface area contributed by atoms with E-state index >= 15 is 0 Å². The maximum atomic E-state index is 9.14. The molecule has 3 nitrogen and oxygen atoms in total. The molecule has 0 aromatic heterocycles. The molecule has 1 unspecified atom stereocenters. The highest BCUT2D eigenvalue weighted by Crippen LogP contribution is 2.30. The van der Waals surface area contributed by atoms with Gasteiger partial charge in [0.15, 0.2) is 0 Å². The molecule has 0 bridgehead atoms. The van der Waals surface area contributed by atoms with Crippen LogP contribution >= 0.6 is 11.6 Å². The molecular weight excluding hydrogens is 272 g/mol. The minimum atomic E-state index is 0.290. The number of nitrogens with one attached hydrogen (secondary N) is 1. The molecule has 0 amide bonds. The Kier molecular flexibility index (Phi) is 6.14. The number of aliphatic hydroxyl groups is 1.